The van der Waals surface area contributed by atoms with E-state index in [9.17, 15) is 0 Å². The summed E-state index contributed by atoms with van der Waals surface area (Å²) in [7, 11) is 0. The van der Waals surface area contributed by atoms with E-state index in [1.807, 2.05) is 26.8 Å². The minimum Gasteiger partial charge on any atom is -0.437 e. The smallest absolute Gasteiger partial charge is 0.238 e. The predicted molar refractivity (Wildman–Crippen MR) is 82.5 cm³/mol. The van der Waals surface area contributed by atoms with Crippen molar-refractivity contribution in [3.63, 3.8) is 0 Å². The van der Waals surface area contributed by atoms with E-state index in [1.54, 1.807) is 6.07 Å². The summed E-state index contributed by atoms with van der Waals surface area (Å²) in [6.45, 7) is 5.96. The predicted octanol–water partition coefficient (Wildman–Crippen LogP) is 3.55. The van der Waals surface area contributed by atoms with Crippen molar-refractivity contribution in [2.75, 3.05) is 0 Å². The van der Waals surface area contributed by atoms with Gasteiger partial charge in [-0.25, -0.2) is 4.98 Å². The fourth-order valence-electron chi connectivity index (χ4n) is 1.96. The van der Waals surface area contributed by atoms with Crippen LogP contribution in [0.5, 0.6) is 11.6 Å². The van der Waals surface area contributed by atoms with Gasteiger partial charge in [-0.05, 0) is 49.6 Å². The molecule has 0 bridgehead atoms. The molecule has 2 aromatic rings. The molecule has 0 aliphatic carbocycles. The van der Waals surface area contributed by atoms with Crippen LogP contribution >= 0.6 is 11.6 Å². The van der Waals surface area contributed by atoms with Gasteiger partial charge in [0.05, 0.1) is 0 Å². The zero-order chi connectivity index (χ0) is 15.6. The number of rotatable bonds is 3. The fourth-order valence-corrected chi connectivity index (χ4v) is 2.21. The summed E-state index contributed by atoms with van der Waals surface area (Å²) in [6.07, 6.45) is 1.49. The van der Waals surface area contributed by atoms with E-state index in [0.717, 1.165) is 16.7 Å². The van der Waals surface area contributed by atoms with E-state index in [0.29, 0.717) is 11.3 Å². The van der Waals surface area contributed by atoms with E-state index in [2.05, 4.69) is 16.2 Å². The second-order valence-electron chi connectivity index (χ2n) is 4.77. The first-order chi connectivity index (χ1) is 9.93. The molecular weight excluding hydrogens is 290 g/mol. The second-order valence-corrected chi connectivity index (χ2v) is 5.15. The molecule has 6 heteroatoms. The summed E-state index contributed by atoms with van der Waals surface area (Å²) in [5.74, 6) is 0.803. The summed E-state index contributed by atoms with van der Waals surface area (Å²) < 4.78 is 5.80. The highest BCUT2D eigenvalue weighted by Gasteiger charge is 2.14. The number of pyridine rings is 1. The average Bonchev–Trinajstić information content (AvgIpc) is 2.45. The molecule has 0 aliphatic rings. The Morgan fingerprint density at radius 3 is 2.71 bits per heavy atom. The van der Waals surface area contributed by atoms with Crippen molar-refractivity contribution in [2.45, 2.75) is 20.8 Å². The van der Waals surface area contributed by atoms with Crippen LogP contribution in [-0.2, 0) is 0 Å². The standard InChI is InChI=1S/C15H16ClN3O2/c1-8-6-9(2)10(3)12(7-8)21-15-13(16)11(4-5-18-15)14(17)19-20/h4-7,20H,1-3H3,(H2,17,19). The van der Waals surface area contributed by atoms with Crippen LogP contribution in [0.25, 0.3) is 0 Å². The van der Waals surface area contributed by atoms with Crippen molar-refractivity contribution in [3.8, 4) is 11.6 Å². The minimum absolute atomic E-state index is 0.0932. The first-order valence-electron chi connectivity index (χ1n) is 6.32. The quantitative estimate of drug-likeness (QED) is 0.393. The van der Waals surface area contributed by atoms with Crippen LogP contribution in [0.2, 0.25) is 5.02 Å². The highest BCUT2D eigenvalue weighted by atomic mass is 35.5. The van der Waals surface area contributed by atoms with Crippen molar-refractivity contribution in [2.24, 2.45) is 10.9 Å². The molecule has 0 saturated heterocycles. The summed E-state index contributed by atoms with van der Waals surface area (Å²) in [5.41, 5.74) is 9.14. The van der Waals surface area contributed by atoms with Crippen molar-refractivity contribution in [1.29, 1.82) is 0 Å². The van der Waals surface area contributed by atoms with Crippen molar-refractivity contribution < 1.29 is 9.94 Å². The Bertz CT molecular complexity index is 714. The number of aromatic nitrogens is 1. The Morgan fingerprint density at radius 1 is 1.33 bits per heavy atom. The van der Waals surface area contributed by atoms with E-state index < -0.39 is 0 Å². The van der Waals surface area contributed by atoms with Crippen molar-refractivity contribution >= 4 is 17.4 Å². The Labute approximate surface area is 128 Å². The SMILES string of the molecule is Cc1cc(C)c(C)c(Oc2nccc(/C(N)=N/O)c2Cl)c1. The molecule has 0 radical (unpaired) electrons. The molecule has 21 heavy (non-hydrogen) atoms. The number of hydrogen-bond acceptors (Lipinski definition) is 4. The van der Waals surface area contributed by atoms with Gasteiger partial charge in [-0.1, -0.05) is 22.8 Å². The van der Waals surface area contributed by atoms with Crippen LogP contribution < -0.4 is 10.5 Å². The number of hydrogen-bond donors (Lipinski definition) is 2. The third-order valence-electron chi connectivity index (χ3n) is 3.21. The number of oxime groups is 1. The second kappa shape index (κ2) is 6.01. The lowest BCUT2D eigenvalue weighted by atomic mass is 10.1. The fraction of sp³-hybridized carbons (Fsp3) is 0.200. The number of ether oxygens (including phenoxy) is 1. The molecule has 0 spiro atoms. The number of nitrogens with two attached hydrogens (primary N) is 1. The Kier molecular flexibility index (Phi) is 4.33. The molecule has 0 fully saturated rings. The van der Waals surface area contributed by atoms with Gasteiger partial charge in [-0.15, -0.1) is 0 Å². The lowest BCUT2D eigenvalue weighted by molar-refractivity contribution is 0.318. The monoisotopic (exact) mass is 305 g/mol. The summed E-state index contributed by atoms with van der Waals surface area (Å²) in [5, 5.41) is 11.9. The van der Waals surface area contributed by atoms with Crippen LogP contribution in [-0.4, -0.2) is 16.0 Å². The largest absolute Gasteiger partial charge is 0.437 e. The van der Waals surface area contributed by atoms with E-state index >= 15 is 0 Å². The van der Waals surface area contributed by atoms with E-state index in [-0.39, 0.29) is 16.7 Å². The molecule has 0 atom stereocenters. The van der Waals surface area contributed by atoms with Crippen LogP contribution in [0.4, 0.5) is 0 Å². The zero-order valence-electron chi connectivity index (χ0n) is 12.0. The van der Waals surface area contributed by atoms with Crippen LogP contribution in [0.3, 0.4) is 0 Å². The third-order valence-corrected chi connectivity index (χ3v) is 3.58. The average molecular weight is 306 g/mol. The zero-order valence-corrected chi connectivity index (χ0v) is 12.8. The van der Waals surface area contributed by atoms with Crippen molar-refractivity contribution in [1.82, 2.24) is 4.98 Å². The normalized spacial score (nSPS) is 11.5. The third kappa shape index (κ3) is 3.08. The molecule has 110 valence electrons. The molecule has 1 aromatic heterocycles. The highest BCUT2D eigenvalue weighted by Crippen LogP contribution is 2.32. The molecule has 0 saturated carbocycles. The maximum absolute atomic E-state index is 8.75. The number of amidine groups is 1. The Balaban J connectivity index is 2.46. The van der Waals surface area contributed by atoms with Gasteiger partial charge in [0, 0.05) is 11.8 Å². The van der Waals surface area contributed by atoms with Gasteiger partial charge in [0.2, 0.25) is 5.88 Å². The lowest BCUT2D eigenvalue weighted by Gasteiger charge is -2.13. The maximum atomic E-state index is 8.75. The molecule has 0 aliphatic heterocycles. The lowest BCUT2D eigenvalue weighted by Crippen LogP contribution is -2.14. The van der Waals surface area contributed by atoms with Gasteiger partial charge in [0.1, 0.15) is 10.8 Å². The summed E-state index contributed by atoms with van der Waals surface area (Å²) in [4.78, 5) is 4.10. The first kappa shape index (κ1) is 15.1. The van der Waals surface area contributed by atoms with Gasteiger partial charge < -0.3 is 15.7 Å². The summed E-state index contributed by atoms with van der Waals surface area (Å²) in [6, 6.07) is 5.54. The van der Waals surface area contributed by atoms with Crippen molar-refractivity contribution in [3.05, 3.63) is 51.7 Å². The molecular formula is C15H16ClN3O2. The molecule has 1 aromatic carbocycles. The van der Waals surface area contributed by atoms with Crippen LogP contribution in [0, 0.1) is 20.8 Å². The maximum Gasteiger partial charge on any atom is 0.238 e. The Morgan fingerprint density at radius 2 is 2.05 bits per heavy atom. The number of halogens is 1. The topological polar surface area (TPSA) is 80.7 Å². The number of aryl methyl sites for hydroxylation is 2. The molecule has 1 heterocycles. The van der Waals surface area contributed by atoms with Crippen LogP contribution in [0.15, 0.2) is 29.6 Å². The number of nitrogens with zero attached hydrogens (tertiary/aromatic N) is 2. The molecule has 0 amide bonds. The molecule has 2 rings (SSSR count). The molecule has 3 N–H and O–H groups in total. The summed E-state index contributed by atoms with van der Waals surface area (Å²) >= 11 is 6.20. The van der Waals surface area contributed by atoms with Gasteiger partial charge in [0.25, 0.3) is 0 Å². The molecule has 0 unspecified atom stereocenters. The minimum atomic E-state index is -0.0932. The van der Waals surface area contributed by atoms with Crippen LogP contribution in [0.1, 0.15) is 22.3 Å². The molecule has 5 nitrogen and oxygen atoms in total. The first-order valence-corrected chi connectivity index (χ1v) is 6.70. The number of benzene rings is 1. The van der Waals surface area contributed by atoms with E-state index in [1.165, 1.54) is 6.20 Å². The Hall–Kier alpha value is -2.27. The van der Waals surface area contributed by atoms with E-state index in [4.69, 9.17) is 27.3 Å². The highest BCUT2D eigenvalue weighted by molar-refractivity contribution is 6.35. The van der Waals surface area contributed by atoms with Gasteiger partial charge >= 0.3 is 0 Å². The van der Waals surface area contributed by atoms with Gasteiger partial charge in [-0.3, -0.25) is 0 Å². The van der Waals surface area contributed by atoms with Gasteiger partial charge in [-0.2, -0.15) is 0 Å². The van der Waals surface area contributed by atoms with Gasteiger partial charge in [0.15, 0.2) is 5.84 Å².